The molecular weight excluding hydrogens is 477 g/mol. The number of hydrogen-bond donors (Lipinski definition) is 1. The van der Waals surface area contributed by atoms with Crippen LogP contribution in [-0.4, -0.2) is 38.2 Å². The highest BCUT2D eigenvalue weighted by Crippen LogP contribution is 2.28. The summed E-state index contributed by atoms with van der Waals surface area (Å²) in [5.41, 5.74) is 1.38. The van der Waals surface area contributed by atoms with E-state index in [0.29, 0.717) is 22.4 Å². The molecule has 1 amide bonds. The molecular formula is C23H24FN5O5S. The van der Waals surface area contributed by atoms with Crippen LogP contribution in [0.5, 0.6) is 0 Å². The number of aromatic nitrogens is 3. The molecule has 0 aliphatic carbocycles. The second kappa shape index (κ2) is 12.1. The predicted octanol–water partition coefficient (Wildman–Crippen LogP) is 4.13. The molecule has 0 saturated carbocycles. The molecule has 12 heteroatoms. The van der Waals surface area contributed by atoms with Gasteiger partial charge in [-0.1, -0.05) is 23.9 Å². The second-order valence-electron chi connectivity index (χ2n) is 7.46. The fraction of sp³-hybridized carbons (Fsp3) is 0.304. The van der Waals surface area contributed by atoms with Crippen molar-refractivity contribution in [2.75, 3.05) is 6.61 Å². The molecule has 0 aliphatic rings. The van der Waals surface area contributed by atoms with Crippen molar-refractivity contribution in [3.8, 4) is 5.69 Å². The minimum atomic E-state index is -0.576. The van der Waals surface area contributed by atoms with Gasteiger partial charge in [-0.3, -0.25) is 24.3 Å². The van der Waals surface area contributed by atoms with Crippen LogP contribution < -0.4 is 5.32 Å². The van der Waals surface area contributed by atoms with E-state index < -0.39 is 16.9 Å². The second-order valence-corrected chi connectivity index (χ2v) is 8.40. The lowest BCUT2D eigenvalue weighted by atomic mass is 10.2. The van der Waals surface area contributed by atoms with Crippen LogP contribution in [-0.2, 0) is 20.1 Å². The molecule has 1 atom stereocenters. The van der Waals surface area contributed by atoms with E-state index in [4.69, 9.17) is 4.74 Å². The Kier molecular flexibility index (Phi) is 8.90. The summed E-state index contributed by atoms with van der Waals surface area (Å²) in [6.07, 6.45) is -0.0821. The fourth-order valence-electron chi connectivity index (χ4n) is 3.18. The van der Waals surface area contributed by atoms with E-state index in [1.807, 2.05) is 0 Å². The third-order valence-electron chi connectivity index (χ3n) is 4.88. The number of nitrogens with zero attached hydrogens (tertiary/aromatic N) is 4. The van der Waals surface area contributed by atoms with Gasteiger partial charge in [-0.05, 0) is 43.7 Å². The Labute approximate surface area is 205 Å². The third-order valence-corrected chi connectivity index (χ3v) is 5.88. The van der Waals surface area contributed by atoms with Gasteiger partial charge < -0.3 is 10.1 Å². The van der Waals surface area contributed by atoms with Gasteiger partial charge in [0.1, 0.15) is 5.82 Å². The molecule has 0 saturated heterocycles. The Morgan fingerprint density at radius 2 is 1.83 bits per heavy atom. The molecule has 184 valence electrons. The van der Waals surface area contributed by atoms with Crippen LogP contribution in [0, 0.1) is 15.9 Å². The number of thioether (sulfide) groups is 1. The first-order valence-corrected chi connectivity index (χ1v) is 11.8. The van der Waals surface area contributed by atoms with E-state index >= 15 is 0 Å². The largest absolute Gasteiger partial charge is 0.466 e. The summed E-state index contributed by atoms with van der Waals surface area (Å²) < 4.78 is 19.8. The van der Waals surface area contributed by atoms with Crippen molar-refractivity contribution in [3.05, 3.63) is 75.9 Å². The van der Waals surface area contributed by atoms with Crippen molar-refractivity contribution in [2.45, 2.75) is 43.6 Å². The summed E-state index contributed by atoms with van der Waals surface area (Å²) in [4.78, 5) is 34.5. The first-order valence-electron chi connectivity index (χ1n) is 10.8. The maximum atomic E-state index is 13.2. The van der Waals surface area contributed by atoms with Gasteiger partial charge in [0.2, 0.25) is 5.91 Å². The number of hydrogen-bond acceptors (Lipinski definition) is 8. The van der Waals surface area contributed by atoms with E-state index in [1.165, 1.54) is 36.0 Å². The normalized spacial score (nSPS) is 11.6. The van der Waals surface area contributed by atoms with E-state index in [1.54, 1.807) is 42.7 Å². The molecule has 1 N–H and O–H groups in total. The van der Waals surface area contributed by atoms with Crippen molar-refractivity contribution in [1.82, 2.24) is 20.1 Å². The summed E-state index contributed by atoms with van der Waals surface area (Å²) in [6, 6.07) is 11.4. The Morgan fingerprint density at radius 1 is 1.14 bits per heavy atom. The van der Waals surface area contributed by atoms with Gasteiger partial charge in [0.25, 0.3) is 5.69 Å². The number of nitro benzene ring substituents is 1. The number of nitrogens with one attached hydrogen (secondary N) is 1. The van der Waals surface area contributed by atoms with Gasteiger partial charge in [-0.15, -0.1) is 10.2 Å². The molecule has 3 aromatic rings. The van der Waals surface area contributed by atoms with E-state index in [9.17, 15) is 24.1 Å². The molecule has 0 radical (unpaired) electrons. The van der Waals surface area contributed by atoms with E-state index in [-0.39, 0.29) is 36.9 Å². The van der Waals surface area contributed by atoms with Gasteiger partial charge in [0, 0.05) is 30.0 Å². The molecule has 1 heterocycles. The zero-order valence-electron chi connectivity index (χ0n) is 19.1. The molecule has 3 rings (SSSR count). The van der Waals surface area contributed by atoms with E-state index in [0.717, 1.165) is 5.56 Å². The number of amides is 1. The lowest BCUT2D eigenvalue weighted by molar-refractivity contribution is -0.384. The van der Waals surface area contributed by atoms with Gasteiger partial charge in [0.15, 0.2) is 11.0 Å². The van der Waals surface area contributed by atoms with Crippen LogP contribution in [0.2, 0.25) is 0 Å². The fourth-order valence-corrected chi connectivity index (χ4v) is 4.09. The number of carbonyl (C=O) groups excluding carboxylic acids is 2. The quantitative estimate of drug-likeness (QED) is 0.180. The summed E-state index contributed by atoms with van der Waals surface area (Å²) in [6.45, 7) is 3.66. The zero-order valence-corrected chi connectivity index (χ0v) is 20.0. The number of rotatable bonds is 11. The molecule has 0 fully saturated rings. The van der Waals surface area contributed by atoms with Crippen molar-refractivity contribution < 1.29 is 23.6 Å². The predicted molar refractivity (Wildman–Crippen MR) is 126 cm³/mol. The molecule has 1 aromatic heterocycles. The molecule has 2 aromatic carbocycles. The first kappa shape index (κ1) is 25.8. The Balaban J connectivity index is 1.83. The maximum Gasteiger partial charge on any atom is 0.306 e. The summed E-state index contributed by atoms with van der Waals surface area (Å²) >= 11 is 1.35. The number of carbonyl (C=O) groups is 2. The Hall–Kier alpha value is -3.80. The maximum absolute atomic E-state index is 13.2. The highest BCUT2D eigenvalue weighted by molar-refractivity contribution is 7.98. The third kappa shape index (κ3) is 7.09. The molecule has 0 aliphatic heterocycles. The minimum Gasteiger partial charge on any atom is -0.466 e. The number of benzene rings is 2. The molecule has 10 nitrogen and oxygen atoms in total. The van der Waals surface area contributed by atoms with Gasteiger partial charge in [-0.25, -0.2) is 4.39 Å². The summed E-state index contributed by atoms with van der Waals surface area (Å²) in [7, 11) is 0. The lowest BCUT2D eigenvalue weighted by Gasteiger charge is -2.16. The zero-order chi connectivity index (χ0) is 25.4. The van der Waals surface area contributed by atoms with Crippen molar-refractivity contribution >= 4 is 29.3 Å². The van der Waals surface area contributed by atoms with Gasteiger partial charge >= 0.3 is 5.97 Å². The SMILES string of the molecule is CCOC(=O)CCC(=O)NC(C)c1nnc(SCc2ccc(F)cc2)n1-c1ccc([N+](=O)[O-])cc1. The monoisotopic (exact) mass is 501 g/mol. The topological polar surface area (TPSA) is 129 Å². The molecule has 1 unspecified atom stereocenters. The number of ether oxygens (including phenoxy) is 1. The highest BCUT2D eigenvalue weighted by Gasteiger charge is 2.22. The standard InChI is InChI=1S/C23H24FN5O5S/c1-3-34-21(31)13-12-20(30)25-15(2)22-26-27-23(35-14-16-4-6-17(24)7-5-16)28(22)18-8-10-19(11-9-18)29(32)33/h4-11,15H,3,12-14H2,1-2H3,(H,25,30). The number of esters is 1. The van der Waals surface area contributed by atoms with E-state index in [2.05, 4.69) is 15.5 Å². The molecule has 0 bridgehead atoms. The van der Waals surface area contributed by atoms with Crippen molar-refractivity contribution in [2.24, 2.45) is 0 Å². The average Bonchev–Trinajstić information content (AvgIpc) is 3.27. The highest BCUT2D eigenvalue weighted by atomic mass is 32.2. The van der Waals surface area contributed by atoms with Crippen LogP contribution in [0.1, 0.15) is 44.1 Å². The number of halogens is 1. The number of non-ortho nitro benzene ring substituents is 1. The molecule has 35 heavy (non-hydrogen) atoms. The average molecular weight is 502 g/mol. The van der Waals surface area contributed by atoms with Crippen LogP contribution in [0.3, 0.4) is 0 Å². The van der Waals surface area contributed by atoms with Crippen LogP contribution in [0.25, 0.3) is 5.69 Å². The number of nitro groups is 1. The Morgan fingerprint density at radius 3 is 2.46 bits per heavy atom. The van der Waals surface area contributed by atoms with Crippen LogP contribution in [0.15, 0.2) is 53.7 Å². The van der Waals surface area contributed by atoms with Gasteiger partial charge in [0.05, 0.1) is 24.0 Å². The van der Waals surface area contributed by atoms with Crippen molar-refractivity contribution in [1.29, 1.82) is 0 Å². The van der Waals surface area contributed by atoms with Crippen molar-refractivity contribution in [3.63, 3.8) is 0 Å². The van der Waals surface area contributed by atoms with Gasteiger partial charge in [-0.2, -0.15) is 0 Å². The minimum absolute atomic E-state index is 0.0407. The summed E-state index contributed by atoms with van der Waals surface area (Å²) in [5, 5.41) is 22.8. The Bertz CT molecular complexity index is 1180. The van der Waals surface area contributed by atoms with Crippen LogP contribution in [0.4, 0.5) is 10.1 Å². The summed E-state index contributed by atoms with van der Waals surface area (Å²) in [5.74, 6) is -0.258. The first-order chi connectivity index (χ1) is 16.8. The van der Waals surface area contributed by atoms with Crippen LogP contribution >= 0.6 is 11.8 Å². The molecule has 0 spiro atoms. The smallest absolute Gasteiger partial charge is 0.306 e. The lowest BCUT2D eigenvalue weighted by Crippen LogP contribution is -2.29.